The summed E-state index contributed by atoms with van der Waals surface area (Å²) >= 11 is 0. The number of carbonyl (C=O) groups is 7. The molecule has 2 aliphatic heterocycles. The molecule has 17 nitrogen and oxygen atoms in total. The van der Waals surface area contributed by atoms with Gasteiger partial charge in [-0.05, 0) is 74.5 Å². The molecule has 2 saturated heterocycles. The number of fused-ring (bicyclic) bond motifs is 5. The number of nitrogens with two attached hydrogens (primary N) is 1. The molecule has 4 aliphatic rings. The van der Waals surface area contributed by atoms with E-state index in [9.17, 15) is 38.7 Å². The predicted molar refractivity (Wildman–Crippen MR) is 204 cm³/mol. The van der Waals surface area contributed by atoms with Gasteiger partial charge in [-0.2, -0.15) is 0 Å². The SMILES string of the molecule is CCC[C@H](NC(=O)[C@@H]1CCCN1C(=O)[C@@H](NC(=O)[C@@H](NC(=O)[C@H](CCC(=O)O)NC(=O)[C@@H](N)CC(=O)O)C(C)C)C(C)C)B1OC2C3CCC(C3(C)C)[C@]2(C)O1. The highest BCUT2D eigenvalue weighted by molar-refractivity contribution is 6.48. The second-order valence-electron chi connectivity index (χ2n) is 17.5. The average molecular weight is 791 g/mol. The number of likely N-dealkylation sites (tertiary alicyclic amines) is 1. The van der Waals surface area contributed by atoms with Crippen LogP contribution in [-0.4, -0.2) is 118 Å². The van der Waals surface area contributed by atoms with Crippen LogP contribution in [0.15, 0.2) is 0 Å². The Morgan fingerprint density at radius 2 is 1.48 bits per heavy atom. The minimum absolute atomic E-state index is 0.0478. The highest BCUT2D eigenvalue weighted by atomic mass is 16.7. The molecular formula is C38H63BN6O11. The Kier molecular flexibility index (Phi) is 14.6. The molecule has 18 heteroatoms. The van der Waals surface area contributed by atoms with Crippen LogP contribution >= 0.6 is 0 Å². The van der Waals surface area contributed by atoms with E-state index < -0.39 is 109 Å². The van der Waals surface area contributed by atoms with Gasteiger partial charge in [-0.3, -0.25) is 33.6 Å². The second-order valence-corrected chi connectivity index (χ2v) is 17.5. The standard InChI is InChI=1S/C38H63BN6O11/c1-9-11-26(39-55-31-21-13-15-25(37(21,6)7)38(31,8)56-39)42-34(52)24-12-10-17-45(24)36(54)30(20(4)5)44-35(53)29(19(2)3)43-33(51)23(14-16-27(46)47)41-32(50)22(40)18-28(48)49/h19-26,29-31H,9-18,40H2,1-8H3,(H,41,50)(H,42,52)(H,43,51)(H,44,53)(H,46,47)(H,48,49)/t21?,22-,23-,24-,25?,26-,29-,30-,31?,38-/m0/s1. The van der Waals surface area contributed by atoms with Gasteiger partial charge in [-0.25, -0.2) is 0 Å². The summed E-state index contributed by atoms with van der Waals surface area (Å²) in [5.41, 5.74) is 5.33. The topological polar surface area (TPSA) is 256 Å². The fourth-order valence-electron chi connectivity index (χ4n) is 9.48. The number of amides is 5. The Bertz CT molecular complexity index is 1510. The van der Waals surface area contributed by atoms with E-state index >= 15 is 0 Å². The summed E-state index contributed by atoms with van der Waals surface area (Å²) in [6, 6.07) is -6.00. The predicted octanol–water partition coefficient (Wildman–Crippen LogP) is 0.963. The van der Waals surface area contributed by atoms with Gasteiger partial charge in [0.2, 0.25) is 29.5 Å². The van der Waals surface area contributed by atoms with Gasteiger partial charge < -0.3 is 51.4 Å². The summed E-state index contributed by atoms with van der Waals surface area (Å²) in [7, 11) is -0.608. The van der Waals surface area contributed by atoms with Crippen molar-refractivity contribution >= 4 is 48.6 Å². The molecule has 10 atom stereocenters. The summed E-state index contributed by atoms with van der Waals surface area (Å²) in [5.74, 6) is -6.50. The maximum absolute atomic E-state index is 14.2. The quantitative estimate of drug-likeness (QED) is 0.0904. The van der Waals surface area contributed by atoms with E-state index in [1.807, 2.05) is 6.92 Å². The molecule has 4 fully saturated rings. The lowest BCUT2D eigenvalue weighted by molar-refractivity contribution is -0.143. The highest BCUT2D eigenvalue weighted by Gasteiger charge is 2.71. The summed E-state index contributed by atoms with van der Waals surface area (Å²) in [4.78, 5) is 91.8. The third-order valence-corrected chi connectivity index (χ3v) is 12.5. The third kappa shape index (κ3) is 9.67. The van der Waals surface area contributed by atoms with Gasteiger partial charge in [0, 0.05) is 13.0 Å². The minimum atomic E-state index is -1.50. The van der Waals surface area contributed by atoms with Crippen LogP contribution < -0.4 is 27.0 Å². The third-order valence-electron chi connectivity index (χ3n) is 12.5. The number of carboxylic acids is 2. The number of hydrogen-bond donors (Lipinski definition) is 7. The van der Waals surface area contributed by atoms with Gasteiger partial charge >= 0.3 is 19.1 Å². The van der Waals surface area contributed by atoms with Crippen molar-refractivity contribution in [3.8, 4) is 0 Å². The Balaban J connectivity index is 1.43. The molecule has 0 spiro atoms. The zero-order valence-corrected chi connectivity index (χ0v) is 34.1. The summed E-state index contributed by atoms with van der Waals surface area (Å²) in [6.07, 6.45) is 2.95. The molecular weight excluding hydrogens is 727 g/mol. The van der Waals surface area contributed by atoms with E-state index in [-0.39, 0.29) is 23.8 Å². The summed E-state index contributed by atoms with van der Waals surface area (Å²) < 4.78 is 13.3. The van der Waals surface area contributed by atoms with Crippen molar-refractivity contribution in [2.45, 2.75) is 161 Å². The van der Waals surface area contributed by atoms with Crippen molar-refractivity contribution in [2.75, 3.05) is 6.54 Å². The van der Waals surface area contributed by atoms with Gasteiger partial charge in [-0.1, -0.05) is 54.9 Å². The molecule has 2 saturated carbocycles. The zero-order valence-electron chi connectivity index (χ0n) is 34.1. The maximum atomic E-state index is 14.2. The molecule has 2 aliphatic carbocycles. The van der Waals surface area contributed by atoms with E-state index in [2.05, 4.69) is 42.0 Å². The number of aliphatic carboxylic acids is 2. The highest BCUT2D eigenvalue weighted by Crippen LogP contribution is 2.66. The first-order chi connectivity index (χ1) is 26.1. The Hall–Kier alpha value is -3.77. The summed E-state index contributed by atoms with van der Waals surface area (Å²) in [5, 5.41) is 29.0. The zero-order chi connectivity index (χ0) is 41.9. The van der Waals surface area contributed by atoms with E-state index in [0.29, 0.717) is 37.6 Å². The van der Waals surface area contributed by atoms with Gasteiger partial charge in [0.05, 0.1) is 30.1 Å². The number of nitrogens with zero attached hydrogens (tertiary/aromatic N) is 1. The molecule has 2 heterocycles. The average Bonchev–Trinajstić information content (AvgIpc) is 3.84. The van der Waals surface area contributed by atoms with Crippen molar-refractivity contribution in [1.29, 1.82) is 0 Å². The number of carbonyl (C=O) groups excluding carboxylic acids is 5. The van der Waals surface area contributed by atoms with Crippen molar-refractivity contribution in [1.82, 2.24) is 26.2 Å². The molecule has 2 bridgehead atoms. The second kappa shape index (κ2) is 18.2. The van der Waals surface area contributed by atoms with Crippen LogP contribution in [-0.2, 0) is 42.9 Å². The molecule has 0 radical (unpaired) electrons. The lowest BCUT2D eigenvalue weighted by atomic mass is 9.73. The lowest BCUT2D eigenvalue weighted by Crippen LogP contribution is -2.61. The normalized spacial score (nSPS) is 27.6. The van der Waals surface area contributed by atoms with E-state index in [1.165, 1.54) is 4.90 Å². The van der Waals surface area contributed by atoms with Gasteiger partial charge in [0.15, 0.2) is 0 Å². The molecule has 5 amide bonds. The van der Waals surface area contributed by atoms with Crippen LogP contribution in [0.4, 0.5) is 0 Å². The van der Waals surface area contributed by atoms with Crippen molar-refractivity contribution in [2.24, 2.45) is 34.8 Å². The van der Waals surface area contributed by atoms with Crippen LogP contribution in [0.5, 0.6) is 0 Å². The Labute approximate surface area is 329 Å². The van der Waals surface area contributed by atoms with Crippen LogP contribution in [0.2, 0.25) is 0 Å². The molecule has 0 aromatic heterocycles. The fraction of sp³-hybridized carbons (Fsp3) is 0.816. The van der Waals surface area contributed by atoms with Crippen molar-refractivity contribution < 1.29 is 53.1 Å². The van der Waals surface area contributed by atoms with Crippen LogP contribution in [0.3, 0.4) is 0 Å². The molecule has 0 aromatic rings. The monoisotopic (exact) mass is 790 g/mol. The van der Waals surface area contributed by atoms with Crippen molar-refractivity contribution in [3.63, 3.8) is 0 Å². The molecule has 3 unspecified atom stereocenters. The van der Waals surface area contributed by atoms with Crippen LogP contribution in [0, 0.1) is 29.1 Å². The molecule has 314 valence electrons. The molecule has 0 aromatic carbocycles. The Morgan fingerprint density at radius 3 is 2.05 bits per heavy atom. The van der Waals surface area contributed by atoms with Crippen LogP contribution in [0.1, 0.15) is 113 Å². The summed E-state index contributed by atoms with van der Waals surface area (Å²) in [6.45, 7) is 15.9. The number of hydrogen-bond acceptors (Lipinski definition) is 10. The van der Waals surface area contributed by atoms with Gasteiger partial charge in [0.25, 0.3) is 0 Å². The first-order valence-corrected chi connectivity index (χ1v) is 20.2. The van der Waals surface area contributed by atoms with Crippen LogP contribution in [0.25, 0.3) is 0 Å². The fourth-order valence-corrected chi connectivity index (χ4v) is 9.48. The lowest BCUT2D eigenvalue weighted by Gasteiger charge is -2.35. The first kappa shape index (κ1) is 44.9. The van der Waals surface area contributed by atoms with Gasteiger partial charge in [-0.15, -0.1) is 0 Å². The number of rotatable bonds is 19. The van der Waals surface area contributed by atoms with Crippen molar-refractivity contribution in [3.05, 3.63) is 0 Å². The molecule has 8 N–H and O–H groups in total. The largest absolute Gasteiger partial charge is 0.481 e. The van der Waals surface area contributed by atoms with E-state index in [1.54, 1.807) is 27.7 Å². The minimum Gasteiger partial charge on any atom is -0.481 e. The molecule has 56 heavy (non-hydrogen) atoms. The van der Waals surface area contributed by atoms with E-state index in [0.717, 1.165) is 19.3 Å². The van der Waals surface area contributed by atoms with E-state index in [4.69, 9.17) is 20.1 Å². The maximum Gasteiger partial charge on any atom is 0.481 e. The number of carboxylic acid groups (broad SMARTS) is 2. The van der Waals surface area contributed by atoms with Gasteiger partial charge in [0.1, 0.15) is 24.2 Å². The first-order valence-electron chi connectivity index (χ1n) is 20.2. The smallest absolute Gasteiger partial charge is 0.481 e. The Morgan fingerprint density at radius 1 is 0.839 bits per heavy atom. The number of nitrogens with one attached hydrogen (secondary N) is 4. The molecule has 4 rings (SSSR count).